The van der Waals surface area contributed by atoms with Gasteiger partial charge in [-0.15, -0.1) is 0 Å². The van der Waals surface area contributed by atoms with Crippen molar-refractivity contribution < 1.29 is 9.90 Å². The van der Waals surface area contributed by atoms with Crippen LogP contribution in [-0.2, 0) is 11.8 Å². The van der Waals surface area contributed by atoms with Crippen molar-refractivity contribution in [1.82, 2.24) is 14.5 Å². The van der Waals surface area contributed by atoms with Gasteiger partial charge in [-0.1, -0.05) is 0 Å². The third-order valence-electron chi connectivity index (χ3n) is 4.21. The van der Waals surface area contributed by atoms with Crippen LogP contribution in [0.4, 0.5) is 5.82 Å². The molecule has 21 heavy (non-hydrogen) atoms. The van der Waals surface area contributed by atoms with E-state index in [0.29, 0.717) is 5.92 Å². The number of carboxylic acids is 1. The molecule has 1 unspecified atom stereocenters. The lowest BCUT2D eigenvalue weighted by atomic mass is 9.93. The summed E-state index contributed by atoms with van der Waals surface area (Å²) >= 11 is 0. The first kappa shape index (κ1) is 13.9. The van der Waals surface area contributed by atoms with Crippen LogP contribution in [0.3, 0.4) is 0 Å². The first-order valence-electron chi connectivity index (χ1n) is 7.38. The second-order valence-corrected chi connectivity index (χ2v) is 5.74. The highest BCUT2D eigenvalue weighted by Crippen LogP contribution is 2.28. The summed E-state index contributed by atoms with van der Waals surface area (Å²) in [5.41, 5.74) is 2.01. The van der Waals surface area contributed by atoms with Gasteiger partial charge in [0.15, 0.2) is 5.82 Å². The van der Waals surface area contributed by atoms with Crippen molar-refractivity contribution in [3.63, 3.8) is 0 Å². The van der Waals surface area contributed by atoms with E-state index < -0.39 is 5.97 Å². The Balaban J connectivity index is 1.80. The van der Waals surface area contributed by atoms with Crippen molar-refractivity contribution in [2.75, 3.05) is 18.0 Å². The van der Waals surface area contributed by atoms with Crippen LogP contribution in [0, 0.1) is 5.92 Å². The Morgan fingerprint density at radius 2 is 2.33 bits per heavy atom. The number of aliphatic carboxylic acids is 1. The molecule has 0 saturated carbocycles. The number of hydrogen-bond donors (Lipinski definition) is 1. The monoisotopic (exact) mass is 288 g/mol. The fourth-order valence-corrected chi connectivity index (χ4v) is 3.10. The molecule has 3 heterocycles. The zero-order valence-electron chi connectivity index (χ0n) is 12.2. The topological polar surface area (TPSA) is 71.2 Å². The van der Waals surface area contributed by atoms with Crippen LogP contribution < -0.4 is 4.90 Å². The molecular formula is C15H20N4O2. The molecule has 0 spiro atoms. The first-order valence-corrected chi connectivity index (χ1v) is 7.38. The maximum absolute atomic E-state index is 10.7. The Morgan fingerprint density at radius 1 is 1.48 bits per heavy atom. The van der Waals surface area contributed by atoms with Crippen molar-refractivity contribution in [2.45, 2.75) is 25.7 Å². The molecule has 1 saturated heterocycles. The van der Waals surface area contributed by atoms with Gasteiger partial charge in [-0.25, -0.2) is 9.97 Å². The molecule has 1 N–H and O–H groups in total. The fraction of sp³-hybridized carbons (Fsp3) is 0.533. The van der Waals surface area contributed by atoms with Crippen molar-refractivity contribution in [2.24, 2.45) is 13.0 Å². The van der Waals surface area contributed by atoms with Crippen LogP contribution in [0.1, 0.15) is 25.7 Å². The van der Waals surface area contributed by atoms with E-state index in [1.54, 1.807) is 0 Å². The third kappa shape index (κ3) is 2.84. The standard InChI is InChI=1S/C15H20N4O2/c1-18-10-17-14-12(18)6-7-16-15(14)19-8-2-3-11(9-19)4-5-13(20)21/h6-7,10-11H,2-5,8-9H2,1H3,(H,20,21). The highest BCUT2D eigenvalue weighted by molar-refractivity contribution is 5.86. The van der Waals surface area contributed by atoms with Crippen LogP contribution in [-0.4, -0.2) is 38.7 Å². The number of anilines is 1. The molecule has 0 amide bonds. The van der Waals surface area contributed by atoms with Gasteiger partial charge in [-0.2, -0.15) is 0 Å². The highest BCUT2D eigenvalue weighted by Gasteiger charge is 2.23. The Labute approximate surface area is 123 Å². The van der Waals surface area contributed by atoms with Crippen molar-refractivity contribution in [3.8, 4) is 0 Å². The number of pyridine rings is 1. The number of aryl methyl sites for hydroxylation is 1. The number of imidazole rings is 1. The van der Waals surface area contributed by atoms with Crippen LogP contribution >= 0.6 is 0 Å². The van der Waals surface area contributed by atoms with E-state index in [1.165, 1.54) is 0 Å². The van der Waals surface area contributed by atoms with Gasteiger partial charge in [0, 0.05) is 32.8 Å². The summed E-state index contributed by atoms with van der Waals surface area (Å²) in [5.74, 6) is 0.640. The van der Waals surface area contributed by atoms with Crippen molar-refractivity contribution in [1.29, 1.82) is 0 Å². The molecule has 1 atom stereocenters. The largest absolute Gasteiger partial charge is 0.481 e. The summed E-state index contributed by atoms with van der Waals surface area (Å²) in [5, 5.41) is 8.83. The molecule has 6 heteroatoms. The molecule has 6 nitrogen and oxygen atoms in total. The zero-order valence-corrected chi connectivity index (χ0v) is 12.2. The van der Waals surface area contributed by atoms with E-state index in [0.717, 1.165) is 49.2 Å². The summed E-state index contributed by atoms with van der Waals surface area (Å²) in [4.78, 5) is 22.0. The smallest absolute Gasteiger partial charge is 0.303 e. The number of piperidine rings is 1. The predicted octanol–water partition coefficient (Wildman–Crippen LogP) is 2.05. The minimum absolute atomic E-state index is 0.250. The Kier molecular flexibility index (Phi) is 3.77. The lowest BCUT2D eigenvalue weighted by Gasteiger charge is -2.33. The third-order valence-corrected chi connectivity index (χ3v) is 4.21. The average Bonchev–Trinajstić information content (AvgIpc) is 2.87. The molecule has 3 rings (SSSR count). The number of carboxylic acid groups (broad SMARTS) is 1. The summed E-state index contributed by atoms with van der Waals surface area (Å²) in [7, 11) is 1.98. The van der Waals surface area contributed by atoms with Gasteiger partial charge >= 0.3 is 5.97 Å². The molecule has 1 aliphatic rings. The van der Waals surface area contributed by atoms with Gasteiger partial charge in [-0.3, -0.25) is 4.79 Å². The van der Waals surface area contributed by atoms with Gasteiger partial charge in [0.1, 0.15) is 5.52 Å². The van der Waals surface area contributed by atoms with E-state index in [-0.39, 0.29) is 6.42 Å². The van der Waals surface area contributed by atoms with E-state index in [4.69, 9.17) is 5.11 Å². The van der Waals surface area contributed by atoms with E-state index in [2.05, 4.69) is 14.9 Å². The second kappa shape index (κ2) is 5.71. The van der Waals surface area contributed by atoms with Crippen molar-refractivity contribution in [3.05, 3.63) is 18.6 Å². The molecule has 0 aromatic carbocycles. The maximum Gasteiger partial charge on any atom is 0.303 e. The van der Waals surface area contributed by atoms with Crippen LogP contribution in [0.25, 0.3) is 11.0 Å². The normalized spacial score (nSPS) is 19.1. The molecule has 0 radical (unpaired) electrons. The molecule has 1 fully saturated rings. The van der Waals surface area contributed by atoms with Crippen LogP contribution in [0.5, 0.6) is 0 Å². The van der Waals surface area contributed by atoms with Crippen LogP contribution in [0.2, 0.25) is 0 Å². The Hall–Kier alpha value is -2.11. The zero-order chi connectivity index (χ0) is 14.8. The summed E-state index contributed by atoms with van der Waals surface area (Å²) in [6, 6.07) is 1.97. The minimum Gasteiger partial charge on any atom is -0.481 e. The lowest BCUT2D eigenvalue weighted by Crippen LogP contribution is -2.36. The van der Waals surface area contributed by atoms with Gasteiger partial charge in [0.25, 0.3) is 0 Å². The first-order chi connectivity index (χ1) is 10.1. The van der Waals surface area contributed by atoms with E-state index >= 15 is 0 Å². The van der Waals surface area contributed by atoms with Gasteiger partial charge in [0.05, 0.1) is 11.8 Å². The van der Waals surface area contributed by atoms with E-state index in [1.807, 2.05) is 30.2 Å². The number of aromatic nitrogens is 3. The predicted molar refractivity (Wildman–Crippen MR) is 80.3 cm³/mol. The number of rotatable bonds is 4. The quantitative estimate of drug-likeness (QED) is 0.932. The lowest BCUT2D eigenvalue weighted by molar-refractivity contribution is -0.137. The molecule has 0 aliphatic carbocycles. The molecule has 0 bridgehead atoms. The number of nitrogens with zero attached hydrogens (tertiary/aromatic N) is 4. The maximum atomic E-state index is 10.7. The number of hydrogen-bond acceptors (Lipinski definition) is 4. The molecule has 1 aliphatic heterocycles. The molecule has 2 aromatic rings. The van der Waals surface area contributed by atoms with Gasteiger partial charge < -0.3 is 14.6 Å². The van der Waals surface area contributed by atoms with Crippen molar-refractivity contribution >= 4 is 22.8 Å². The van der Waals surface area contributed by atoms with Gasteiger partial charge in [-0.05, 0) is 31.2 Å². The Bertz CT molecular complexity index is 652. The fourth-order valence-electron chi connectivity index (χ4n) is 3.10. The molecule has 112 valence electrons. The summed E-state index contributed by atoms with van der Waals surface area (Å²) in [6.45, 7) is 1.84. The van der Waals surface area contributed by atoms with Gasteiger partial charge in [0.2, 0.25) is 0 Å². The number of fused-ring (bicyclic) bond motifs is 1. The second-order valence-electron chi connectivity index (χ2n) is 5.74. The number of carbonyl (C=O) groups is 1. The van der Waals surface area contributed by atoms with E-state index in [9.17, 15) is 4.79 Å². The molecule has 2 aromatic heterocycles. The summed E-state index contributed by atoms with van der Waals surface area (Å²) in [6.07, 6.45) is 6.79. The Morgan fingerprint density at radius 3 is 3.14 bits per heavy atom. The summed E-state index contributed by atoms with van der Waals surface area (Å²) < 4.78 is 1.99. The highest BCUT2D eigenvalue weighted by atomic mass is 16.4. The average molecular weight is 288 g/mol. The molecular weight excluding hydrogens is 268 g/mol. The van der Waals surface area contributed by atoms with Crippen LogP contribution in [0.15, 0.2) is 18.6 Å². The minimum atomic E-state index is -0.711. The SMILES string of the molecule is Cn1cnc2c(N3CCCC(CCC(=O)O)C3)nccc21.